The second-order valence-electron chi connectivity index (χ2n) is 10.1. The van der Waals surface area contributed by atoms with E-state index in [1.54, 1.807) is 0 Å². The van der Waals surface area contributed by atoms with Crippen molar-refractivity contribution in [1.29, 1.82) is 0 Å². The van der Waals surface area contributed by atoms with Crippen LogP contribution in [0, 0.1) is 11.8 Å². The van der Waals surface area contributed by atoms with E-state index < -0.39 is 30.3 Å². The lowest BCUT2D eigenvalue weighted by atomic mass is 9.77. The number of benzene rings is 2. The number of allylic oxidation sites excluding steroid dienone is 1. The van der Waals surface area contributed by atoms with Gasteiger partial charge in [-0.15, -0.1) is 0 Å². The van der Waals surface area contributed by atoms with E-state index in [2.05, 4.69) is 6.08 Å². The molecule has 1 saturated carbocycles. The molecule has 0 aromatic heterocycles. The van der Waals surface area contributed by atoms with Crippen molar-refractivity contribution < 1.29 is 19.2 Å². The number of nitrogens with zero attached hydrogens (tertiary/aromatic N) is 4. The molecule has 5 amide bonds. The molecule has 37 heavy (non-hydrogen) atoms. The first-order valence-electron chi connectivity index (χ1n) is 12.7. The summed E-state index contributed by atoms with van der Waals surface area (Å²) < 4.78 is 0. The predicted octanol–water partition coefficient (Wildman–Crippen LogP) is 4.26. The molecule has 1 saturated heterocycles. The molecule has 0 spiro atoms. The maximum absolute atomic E-state index is 13.6. The summed E-state index contributed by atoms with van der Waals surface area (Å²) in [7, 11) is 0. The number of rotatable bonds is 6. The Kier molecular flexibility index (Phi) is 6.74. The van der Waals surface area contributed by atoms with Gasteiger partial charge in [-0.3, -0.25) is 19.3 Å². The molecule has 1 aliphatic carbocycles. The van der Waals surface area contributed by atoms with Gasteiger partial charge in [0.05, 0.1) is 11.8 Å². The molecule has 0 radical (unpaired) electrons. The van der Waals surface area contributed by atoms with Crippen LogP contribution in [0.1, 0.15) is 50.3 Å². The highest BCUT2D eigenvalue weighted by atomic mass is 16.2. The first-order chi connectivity index (χ1) is 17.8. The number of carbonyl (C=O) groups is 4. The van der Waals surface area contributed by atoms with Gasteiger partial charge in [-0.2, -0.15) is 5.10 Å². The van der Waals surface area contributed by atoms with Crippen LogP contribution in [0.4, 0.5) is 4.79 Å². The van der Waals surface area contributed by atoms with Crippen LogP contribution in [0.25, 0.3) is 6.08 Å². The van der Waals surface area contributed by atoms with Crippen molar-refractivity contribution in [2.45, 2.75) is 39.2 Å². The molecule has 2 aliphatic heterocycles. The summed E-state index contributed by atoms with van der Waals surface area (Å²) in [4.78, 5) is 53.2. The molecule has 0 unspecified atom stereocenters. The summed E-state index contributed by atoms with van der Waals surface area (Å²) in [5, 5.41) is 6.23. The Morgan fingerprint density at radius 2 is 1.62 bits per heavy atom. The van der Waals surface area contributed by atoms with Crippen molar-refractivity contribution in [2.75, 3.05) is 13.1 Å². The summed E-state index contributed by atoms with van der Waals surface area (Å²) >= 11 is 0. The summed E-state index contributed by atoms with van der Waals surface area (Å²) in [6.45, 7) is 3.31. The lowest BCUT2D eigenvalue weighted by Gasteiger charge is -2.30. The average molecular weight is 499 g/mol. The van der Waals surface area contributed by atoms with Gasteiger partial charge in [0, 0.05) is 12.5 Å². The molecule has 5 rings (SSSR count). The van der Waals surface area contributed by atoms with Gasteiger partial charge < -0.3 is 0 Å². The number of hydrazone groups is 1. The zero-order valence-corrected chi connectivity index (χ0v) is 21.0. The predicted molar refractivity (Wildman–Crippen MR) is 139 cm³/mol. The largest absolute Gasteiger partial charge is 0.334 e. The third kappa shape index (κ3) is 4.71. The Bertz CT molecular complexity index is 1290. The monoisotopic (exact) mass is 498 g/mol. The first-order valence-corrected chi connectivity index (χ1v) is 12.7. The SMILES string of the molecule is CC(C)CN1C(=O)C(=O)N(CC(=O)N2N=C3/C(=C\c4ccccc4)CCC[C@@H]3[C@@H]2c2ccccc2)C1=O. The van der Waals surface area contributed by atoms with E-state index in [0.717, 1.165) is 51.5 Å². The van der Waals surface area contributed by atoms with Gasteiger partial charge in [0.15, 0.2) is 0 Å². The summed E-state index contributed by atoms with van der Waals surface area (Å²) in [5.41, 5.74) is 3.97. The quantitative estimate of drug-likeness (QED) is 0.440. The van der Waals surface area contributed by atoms with Crippen LogP contribution < -0.4 is 0 Å². The molecule has 2 fully saturated rings. The topological polar surface area (TPSA) is 90.4 Å². The second-order valence-corrected chi connectivity index (χ2v) is 10.1. The third-order valence-electron chi connectivity index (χ3n) is 7.01. The molecule has 2 atom stereocenters. The van der Waals surface area contributed by atoms with Crippen LogP contribution in [0.3, 0.4) is 0 Å². The molecule has 0 bridgehead atoms. The Morgan fingerprint density at radius 1 is 0.973 bits per heavy atom. The second kappa shape index (κ2) is 10.1. The normalized spacial score (nSPS) is 22.8. The van der Waals surface area contributed by atoms with E-state index in [9.17, 15) is 19.2 Å². The minimum atomic E-state index is -0.968. The van der Waals surface area contributed by atoms with Crippen molar-refractivity contribution >= 4 is 35.5 Å². The fourth-order valence-corrected chi connectivity index (χ4v) is 5.36. The number of hydrogen-bond acceptors (Lipinski definition) is 5. The van der Waals surface area contributed by atoms with Gasteiger partial charge in [0.2, 0.25) is 0 Å². The van der Waals surface area contributed by atoms with Crippen molar-refractivity contribution in [3.05, 3.63) is 77.4 Å². The smallest absolute Gasteiger partial charge is 0.271 e. The van der Waals surface area contributed by atoms with Crippen molar-refractivity contribution in [3.8, 4) is 0 Å². The van der Waals surface area contributed by atoms with Crippen molar-refractivity contribution in [3.63, 3.8) is 0 Å². The Labute approximate surface area is 216 Å². The van der Waals surface area contributed by atoms with E-state index in [1.165, 1.54) is 5.01 Å². The molecular formula is C29H30N4O4. The van der Waals surface area contributed by atoms with Crippen LogP contribution in [0.15, 0.2) is 71.3 Å². The standard InChI is InChI=1S/C29H30N4O4/c1-19(2)17-31-27(35)28(36)32(29(31)37)18-24(34)33-26(21-12-7-4-8-13-21)23-15-9-14-22(25(23)30-33)16-20-10-5-3-6-11-20/h3-8,10-13,16,19,23,26H,9,14-15,17-18H2,1-2H3/b22-16-/t23-,26-/m0/s1. The molecule has 8 heteroatoms. The fourth-order valence-electron chi connectivity index (χ4n) is 5.36. The highest BCUT2D eigenvalue weighted by molar-refractivity contribution is 6.45. The van der Waals surface area contributed by atoms with Gasteiger partial charge in [-0.05, 0) is 48.0 Å². The third-order valence-corrected chi connectivity index (χ3v) is 7.01. The van der Waals surface area contributed by atoms with Gasteiger partial charge in [-0.25, -0.2) is 14.7 Å². The molecule has 3 aliphatic rings. The highest BCUT2D eigenvalue weighted by Crippen LogP contribution is 2.44. The molecule has 2 heterocycles. The Morgan fingerprint density at radius 3 is 2.30 bits per heavy atom. The molecule has 2 aromatic rings. The average Bonchev–Trinajstić information content (AvgIpc) is 3.38. The lowest BCUT2D eigenvalue weighted by molar-refractivity contribution is -0.145. The van der Waals surface area contributed by atoms with Gasteiger partial charge in [-0.1, -0.05) is 74.5 Å². The van der Waals surface area contributed by atoms with Crippen LogP contribution in [0.5, 0.6) is 0 Å². The van der Waals surface area contributed by atoms with Crippen LogP contribution in [-0.4, -0.2) is 57.4 Å². The number of hydrogen-bond donors (Lipinski definition) is 0. The van der Waals surface area contributed by atoms with Crippen molar-refractivity contribution in [1.82, 2.24) is 14.8 Å². The Balaban J connectivity index is 1.47. The van der Waals surface area contributed by atoms with Crippen LogP contribution in [0.2, 0.25) is 0 Å². The summed E-state index contributed by atoms with van der Waals surface area (Å²) in [5.74, 6) is -2.35. The minimum Gasteiger partial charge on any atom is -0.271 e. The van der Waals surface area contributed by atoms with E-state index >= 15 is 0 Å². The molecule has 8 nitrogen and oxygen atoms in total. The number of amides is 5. The van der Waals surface area contributed by atoms with Gasteiger partial charge in [0.25, 0.3) is 5.91 Å². The van der Waals surface area contributed by atoms with Crippen LogP contribution in [-0.2, 0) is 14.4 Å². The van der Waals surface area contributed by atoms with Crippen molar-refractivity contribution in [2.24, 2.45) is 16.9 Å². The highest BCUT2D eigenvalue weighted by Gasteiger charge is 2.48. The Hall–Kier alpha value is -4.07. The van der Waals surface area contributed by atoms with E-state index in [1.807, 2.05) is 74.5 Å². The number of carbonyl (C=O) groups excluding carboxylic acids is 4. The summed E-state index contributed by atoms with van der Waals surface area (Å²) in [6, 6.07) is 18.6. The van der Waals surface area contributed by atoms with Gasteiger partial charge >= 0.3 is 17.8 Å². The number of fused-ring (bicyclic) bond motifs is 1. The van der Waals surface area contributed by atoms with Gasteiger partial charge in [0.1, 0.15) is 6.54 Å². The molecule has 2 aromatic carbocycles. The maximum atomic E-state index is 13.6. The van der Waals surface area contributed by atoms with Crippen LogP contribution >= 0.6 is 0 Å². The van der Waals surface area contributed by atoms with E-state index in [4.69, 9.17) is 5.10 Å². The number of urea groups is 1. The van der Waals surface area contributed by atoms with E-state index in [-0.39, 0.29) is 24.4 Å². The summed E-state index contributed by atoms with van der Waals surface area (Å²) in [6.07, 6.45) is 4.82. The lowest BCUT2D eigenvalue weighted by Crippen LogP contribution is -2.43. The maximum Gasteiger partial charge on any atom is 0.334 e. The van der Waals surface area contributed by atoms with E-state index in [0.29, 0.717) is 0 Å². The first kappa shape index (κ1) is 24.6. The number of imide groups is 2. The molecular weight excluding hydrogens is 468 g/mol. The fraction of sp³-hybridized carbons (Fsp3) is 0.345. The zero-order valence-electron chi connectivity index (χ0n) is 21.0. The minimum absolute atomic E-state index is 0.000820. The zero-order chi connectivity index (χ0) is 26.1. The molecule has 0 N–H and O–H groups in total. The molecule has 190 valence electrons.